The SMILES string of the molecule is COc1ccccc1NC(=O)CNc1ccccc1C(F)(F)F. The maximum Gasteiger partial charge on any atom is 0.418 e. The van der Waals surface area contributed by atoms with Crippen LogP contribution in [0.15, 0.2) is 48.5 Å². The summed E-state index contributed by atoms with van der Waals surface area (Å²) in [5, 5.41) is 5.09. The highest BCUT2D eigenvalue weighted by atomic mass is 19.4. The molecule has 0 atom stereocenters. The van der Waals surface area contributed by atoms with E-state index in [1.54, 1.807) is 24.3 Å². The van der Waals surface area contributed by atoms with Crippen molar-refractivity contribution in [3.05, 3.63) is 54.1 Å². The number of rotatable bonds is 5. The number of hydrogen-bond acceptors (Lipinski definition) is 3. The van der Waals surface area contributed by atoms with Gasteiger partial charge in [-0.3, -0.25) is 4.79 Å². The fourth-order valence-electron chi connectivity index (χ4n) is 2.00. The zero-order chi connectivity index (χ0) is 16.9. The molecule has 2 N–H and O–H groups in total. The molecule has 2 rings (SSSR count). The highest BCUT2D eigenvalue weighted by Crippen LogP contribution is 2.34. The predicted octanol–water partition coefficient (Wildman–Crippen LogP) is 3.76. The van der Waals surface area contributed by atoms with Crippen molar-refractivity contribution in [3.8, 4) is 5.75 Å². The summed E-state index contributed by atoms with van der Waals surface area (Å²) < 4.78 is 43.7. The Kier molecular flexibility index (Phi) is 5.10. The number of amides is 1. The van der Waals surface area contributed by atoms with Crippen molar-refractivity contribution in [2.24, 2.45) is 0 Å². The highest BCUT2D eigenvalue weighted by Gasteiger charge is 2.33. The Bertz CT molecular complexity index is 687. The van der Waals surface area contributed by atoms with Crippen LogP contribution in [-0.4, -0.2) is 19.6 Å². The maximum atomic E-state index is 12.9. The normalized spacial score (nSPS) is 11.0. The van der Waals surface area contributed by atoms with Crippen LogP contribution >= 0.6 is 0 Å². The highest BCUT2D eigenvalue weighted by molar-refractivity contribution is 5.95. The molecule has 0 unspecified atom stereocenters. The number of para-hydroxylation sites is 3. The van der Waals surface area contributed by atoms with Crippen LogP contribution in [0.5, 0.6) is 5.75 Å². The van der Waals surface area contributed by atoms with Crippen LogP contribution in [0.3, 0.4) is 0 Å². The number of halogens is 3. The van der Waals surface area contributed by atoms with Crippen molar-refractivity contribution in [3.63, 3.8) is 0 Å². The van der Waals surface area contributed by atoms with Gasteiger partial charge in [-0.15, -0.1) is 0 Å². The lowest BCUT2D eigenvalue weighted by atomic mass is 10.1. The third-order valence-electron chi connectivity index (χ3n) is 3.05. The molecule has 4 nitrogen and oxygen atoms in total. The molecule has 1 amide bonds. The molecule has 23 heavy (non-hydrogen) atoms. The van der Waals surface area contributed by atoms with Gasteiger partial charge in [-0.25, -0.2) is 0 Å². The maximum absolute atomic E-state index is 12.9. The lowest BCUT2D eigenvalue weighted by Gasteiger charge is -2.14. The summed E-state index contributed by atoms with van der Waals surface area (Å²) in [6.07, 6.45) is -4.48. The number of ether oxygens (including phenoxy) is 1. The number of carbonyl (C=O) groups excluding carboxylic acids is 1. The van der Waals surface area contributed by atoms with Crippen molar-refractivity contribution < 1.29 is 22.7 Å². The van der Waals surface area contributed by atoms with Gasteiger partial charge in [0.05, 0.1) is 24.9 Å². The van der Waals surface area contributed by atoms with Crippen molar-refractivity contribution in [2.45, 2.75) is 6.18 Å². The van der Waals surface area contributed by atoms with E-state index < -0.39 is 17.6 Å². The van der Waals surface area contributed by atoms with E-state index >= 15 is 0 Å². The lowest BCUT2D eigenvalue weighted by Crippen LogP contribution is -2.23. The zero-order valence-electron chi connectivity index (χ0n) is 12.3. The molecular formula is C16H15F3N2O2. The van der Waals surface area contributed by atoms with Crippen LogP contribution in [-0.2, 0) is 11.0 Å². The summed E-state index contributed by atoms with van der Waals surface area (Å²) in [5.41, 5.74) is -0.508. The van der Waals surface area contributed by atoms with Gasteiger partial charge >= 0.3 is 6.18 Å². The minimum absolute atomic E-state index is 0.143. The monoisotopic (exact) mass is 324 g/mol. The number of alkyl halides is 3. The quantitative estimate of drug-likeness (QED) is 0.880. The zero-order valence-corrected chi connectivity index (χ0v) is 12.3. The molecule has 122 valence electrons. The Balaban J connectivity index is 2.03. The lowest BCUT2D eigenvalue weighted by molar-refractivity contribution is -0.137. The standard InChI is InChI=1S/C16H15F3N2O2/c1-23-14-9-5-4-8-13(14)21-15(22)10-20-12-7-3-2-6-11(12)16(17,18)19/h2-9,20H,10H2,1H3,(H,21,22). The molecule has 0 spiro atoms. The smallest absolute Gasteiger partial charge is 0.418 e. The third-order valence-corrected chi connectivity index (χ3v) is 3.05. The van der Waals surface area contributed by atoms with E-state index in [1.165, 1.54) is 25.3 Å². The summed E-state index contributed by atoms with van der Waals surface area (Å²) in [5.74, 6) is -0.0111. The summed E-state index contributed by atoms with van der Waals surface area (Å²) in [4.78, 5) is 11.9. The number of carbonyl (C=O) groups is 1. The summed E-state index contributed by atoms with van der Waals surface area (Å²) in [6, 6.07) is 11.8. The van der Waals surface area contributed by atoms with E-state index in [2.05, 4.69) is 10.6 Å². The fourth-order valence-corrected chi connectivity index (χ4v) is 2.00. The Hall–Kier alpha value is -2.70. The van der Waals surface area contributed by atoms with E-state index in [1.807, 2.05) is 0 Å². The Morgan fingerprint density at radius 2 is 1.65 bits per heavy atom. The molecule has 0 saturated carbocycles. The van der Waals surface area contributed by atoms with Crippen molar-refractivity contribution in [2.75, 3.05) is 24.3 Å². The molecule has 0 aromatic heterocycles. The number of anilines is 2. The Morgan fingerprint density at radius 3 is 2.30 bits per heavy atom. The summed E-state index contributed by atoms with van der Waals surface area (Å²) in [6.45, 7) is -0.300. The molecule has 2 aromatic rings. The van der Waals surface area contributed by atoms with E-state index in [0.717, 1.165) is 6.07 Å². The number of methoxy groups -OCH3 is 1. The van der Waals surface area contributed by atoms with Crippen LogP contribution in [0.2, 0.25) is 0 Å². The van der Waals surface area contributed by atoms with Crippen molar-refractivity contribution in [1.82, 2.24) is 0 Å². The van der Waals surface area contributed by atoms with Gasteiger partial charge in [0.1, 0.15) is 5.75 Å². The van der Waals surface area contributed by atoms with Crippen LogP contribution in [0.25, 0.3) is 0 Å². The fraction of sp³-hybridized carbons (Fsp3) is 0.188. The molecule has 0 heterocycles. The average molecular weight is 324 g/mol. The average Bonchev–Trinajstić information content (AvgIpc) is 2.53. The van der Waals surface area contributed by atoms with Gasteiger partial charge < -0.3 is 15.4 Å². The summed E-state index contributed by atoms with van der Waals surface area (Å²) >= 11 is 0. The van der Waals surface area contributed by atoms with Gasteiger partial charge in [-0.1, -0.05) is 24.3 Å². The van der Waals surface area contributed by atoms with E-state index in [-0.39, 0.29) is 12.2 Å². The largest absolute Gasteiger partial charge is 0.495 e. The molecular weight excluding hydrogens is 309 g/mol. The van der Waals surface area contributed by atoms with Gasteiger partial charge in [-0.2, -0.15) is 13.2 Å². The molecule has 0 radical (unpaired) electrons. The first-order chi connectivity index (χ1) is 10.9. The predicted molar refractivity (Wildman–Crippen MR) is 81.6 cm³/mol. The first-order valence-corrected chi connectivity index (χ1v) is 6.75. The number of benzene rings is 2. The topological polar surface area (TPSA) is 50.4 Å². The summed E-state index contributed by atoms with van der Waals surface area (Å²) in [7, 11) is 1.46. The molecule has 2 aromatic carbocycles. The second-order valence-corrected chi connectivity index (χ2v) is 4.65. The van der Waals surface area contributed by atoms with Crippen molar-refractivity contribution in [1.29, 1.82) is 0 Å². The molecule has 0 aliphatic rings. The van der Waals surface area contributed by atoms with Gasteiger partial charge in [0.15, 0.2) is 0 Å². The van der Waals surface area contributed by atoms with Crippen LogP contribution < -0.4 is 15.4 Å². The second kappa shape index (κ2) is 7.04. The molecule has 0 fully saturated rings. The van der Waals surface area contributed by atoms with Gasteiger partial charge in [-0.05, 0) is 24.3 Å². The first kappa shape index (κ1) is 16.7. The number of nitrogens with one attached hydrogen (secondary N) is 2. The second-order valence-electron chi connectivity index (χ2n) is 4.65. The Morgan fingerprint density at radius 1 is 1.04 bits per heavy atom. The van der Waals surface area contributed by atoms with E-state index in [9.17, 15) is 18.0 Å². The minimum Gasteiger partial charge on any atom is -0.495 e. The van der Waals surface area contributed by atoms with Gasteiger partial charge in [0, 0.05) is 5.69 Å². The van der Waals surface area contributed by atoms with Gasteiger partial charge in [0.2, 0.25) is 5.91 Å². The molecule has 0 bridgehead atoms. The van der Waals surface area contributed by atoms with E-state index in [4.69, 9.17) is 4.74 Å². The molecule has 7 heteroatoms. The van der Waals surface area contributed by atoms with Crippen molar-refractivity contribution >= 4 is 17.3 Å². The van der Waals surface area contributed by atoms with Gasteiger partial charge in [0.25, 0.3) is 0 Å². The van der Waals surface area contributed by atoms with E-state index in [0.29, 0.717) is 11.4 Å². The van der Waals surface area contributed by atoms with Crippen LogP contribution in [0.1, 0.15) is 5.56 Å². The third kappa shape index (κ3) is 4.38. The Labute approximate surface area is 131 Å². The van der Waals surface area contributed by atoms with Crippen LogP contribution in [0.4, 0.5) is 24.5 Å². The first-order valence-electron chi connectivity index (χ1n) is 6.75. The molecule has 0 aliphatic heterocycles. The molecule has 0 aliphatic carbocycles. The minimum atomic E-state index is -4.48. The van der Waals surface area contributed by atoms with Crippen LogP contribution in [0, 0.1) is 0 Å². The molecule has 0 saturated heterocycles. The number of hydrogen-bond donors (Lipinski definition) is 2.